The van der Waals surface area contributed by atoms with Crippen LogP contribution in [-0.2, 0) is 6.42 Å². The van der Waals surface area contributed by atoms with Gasteiger partial charge in [0.1, 0.15) is 5.75 Å². The van der Waals surface area contributed by atoms with Crippen molar-refractivity contribution in [1.29, 1.82) is 0 Å². The van der Waals surface area contributed by atoms with Gasteiger partial charge in [-0.05, 0) is 43.0 Å². The maximum absolute atomic E-state index is 5.55. The van der Waals surface area contributed by atoms with Crippen molar-refractivity contribution in [2.75, 3.05) is 13.7 Å². The van der Waals surface area contributed by atoms with Crippen molar-refractivity contribution in [1.82, 2.24) is 5.32 Å². The lowest BCUT2D eigenvalue weighted by atomic mass is 9.92. The highest BCUT2D eigenvalue weighted by Gasteiger charge is 2.28. The van der Waals surface area contributed by atoms with Gasteiger partial charge in [-0.1, -0.05) is 18.6 Å². The van der Waals surface area contributed by atoms with E-state index in [0.29, 0.717) is 12.0 Å². The van der Waals surface area contributed by atoms with Gasteiger partial charge in [0.15, 0.2) is 0 Å². The Morgan fingerprint density at radius 2 is 2.25 bits per heavy atom. The summed E-state index contributed by atoms with van der Waals surface area (Å²) < 4.78 is 5.55. The average molecular weight is 217 g/mol. The summed E-state index contributed by atoms with van der Waals surface area (Å²) in [6.45, 7) is 0.860. The lowest BCUT2D eigenvalue weighted by molar-refractivity contribution is 0.356. The van der Waals surface area contributed by atoms with E-state index in [0.717, 1.165) is 18.8 Å². The summed E-state index contributed by atoms with van der Waals surface area (Å²) in [6, 6.07) is 7.44. The summed E-state index contributed by atoms with van der Waals surface area (Å²) in [4.78, 5) is 0. The van der Waals surface area contributed by atoms with E-state index >= 15 is 0 Å². The second-order valence-electron chi connectivity index (χ2n) is 4.90. The molecule has 1 aliphatic carbocycles. The summed E-state index contributed by atoms with van der Waals surface area (Å²) in [5.41, 5.74) is 2.90. The van der Waals surface area contributed by atoms with Gasteiger partial charge in [0, 0.05) is 12.5 Å². The quantitative estimate of drug-likeness (QED) is 0.821. The van der Waals surface area contributed by atoms with Crippen molar-refractivity contribution < 1.29 is 4.74 Å². The fraction of sp³-hybridized carbons (Fsp3) is 0.571. The monoisotopic (exact) mass is 217 g/mol. The lowest BCUT2D eigenvalue weighted by Crippen LogP contribution is -2.27. The van der Waals surface area contributed by atoms with E-state index in [4.69, 9.17) is 4.74 Å². The van der Waals surface area contributed by atoms with Crippen LogP contribution < -0.4 is 10.1 Å². The summed E-state index contributed by atoms with van der Waals surface area (Å²) in [6.07, 6.45) is 5.07. The maximum atomic E-state index is 5.55. The second-order valence-corrected chi connectivity index (χ2v) is 4.90. The molecule has 0 radical (unpaired) electrons. The van der Waals surface area contributed by atoms with Crippen molar-refractivity contribution in [3.05, 3.63) is 29.3 Å². The minimum atomic E-state index is 0.667. The number of fused-ring (bicyclic) bond motifs is 1. The average Bonchev–Trinajstić information content (AvgIpc) is 2.96. The van der Waals surface area contributed by atoms with Gasteiger partial charge in [0.05, 0.1) is 6.61 Å². The first-order chi connectivity index (χ1) is 7.88. The number of benzene rings is 1. The third kappa shape index (κ3) is 1.61. The molecule has 86 valence electrons. The Morgan fingerprint density at radius 3 is 3.12 bits per heavy atom. The number of rotatable bonds is 2. The predicted molar refractivity (Wildman–Crippen MR) is 65.1 cm³/mol. The smallest absolute Gasteiger partial charge is 0.122 e. The zero-order chi connectivity index (χ0) is 11.0. The number of nitrogens with one attached hydrogen (secondary N) is 1. The van der Waals surface area contributed by atoms with Crippen LogP contribution in [0.3, 0.4) is 0 Å². The molecular formula is C14H19NO. The molecule has 1 aromatic rings. The molecule has 0 aromatic heterocycles. The Bertz CT molecular complexity index is 388. The molecule has 2 unspecified atom stereocenters. The van der Waals surface area contributed by atoms with Crippen molar-refractivity contribution in [2.45, 2.75) is 37.6 Å². The molecule has 1 heterocycles. The third-order valence-corrected chi connectivity index (χ3v) is 4.03. The molecule has 2 nitrogen and oxygen atoms in total. The van der Waals surface area contributed by atoms with Gasteiger partial charge >= 0.3 is 0 Å². The summed E-state index contributed by atoms with van der Waals surface area (Å²) >= 11 is 0. The van der Waals surface area contributed by atoms with Gasteiger partial charge < -0.3 is 10.1 Å². The first-order valence-electron chi connectivity index (χ1n) is 6.31. The van der Waals surface area contributed by atoms with E-state index in [-0.39, 0.29) is 0 Å². The Labute approximate surface area is 97.0 Å². The highest BCUT2D eigenvalue weighted by atomic mass is 16.5. The van der Waals surface area contributed by atoms with Gasteiger partial charge in [-0.3, -0.25) is 0 Å². The summed E-state index contributed by atoms with van der Waals surface area (Å²) in [7, 11) is 2.08. The van der Waals surface area contributed by atoms with Crippen molar-refractivity contribution in [3.63, 3.8) is 0 Å². The molecule has 1 fully saturated rings. The van der Waals surface area contributed by atoms with Crippen LogP contribution in [0.1, 0.15) is 36.3 Å². The Balaban J connectivity index is 1.89. The molecule has 0 amide bonds. The third-order valence-electron chi connectivity index (χ3n) is 4.03. The summed E-state index contributed by atoms with van der Waals surface area (Å²) in [5.74, 6) is 1.80. The predicted octanol–water partition coefficient (Wildman–Crippen LogP) is 2.48. The minimum Gasteiger partial charge on any atom is -0.493 e. The topological polar surface area (TPSA) is 21.3 Å². The van der Waals surface area contributed by atoms with Gasteiger partial charge in [-0.2, -0.15) is 0 Å². The molecule has 1 N–H and O–H groups in total. The van der Waals surface area contributed by atoms with Crippen LogP contribution >= 0.6 is 0 Å². The van der Waals surface area contributed by atoms with Gasteiger partial charge in [0.25, 0.3) is 0 Å². The molecule has 1 aromatic carbocycles. The fourth-order valence-corrected chi connectivity index (χ4v) is 3.14. The van der Waals surface area contributed by atoms with E-state index in [2.05, 4.69) is 30.6 Å². The molecule has 1 saturated carbocycles. The van der Waals surface area contributed by atoms with E-state index in [1.807, 2.05) is 0 Å². The lowest BCUT2D eigenvalue weighted by Gasteiger charge is -2.19. The molecule has 0 spiro atoms. The molecular weight excluding hydrogens is 198 g/mol. The van der Waals surface area contributed by atoms with Gasteiger partial charge in [0.2, 0.25) is 0 Å². The zero-order valence-corrected chi connectivity index (χ0v) is 9.83. The first-order valence-corrected chi connectivity index (χ1v) is 6.31. The van der Waals surface area contributed by atoms with Crippen LogP contribution in [0.25, 0.3) is 0 Å². The fourth-order valence-electron chi connectivity index (χ4n) is 3.14. The SMILES string of the molecule is CNC1CCCC1c1ccc2c(c1)CCO2. The van der Waals surface area contributed by atoms with E-state index in [9.17, 15) is 0 Å². The molecule has 2 atom stereocenters. The number of hydrogen-bond acceptors (Lipinski definition) is 2. The molecule has 16 heavy (non-hydrogen) atoms. The largest absolute Gasteiger partial charge is 0.493 e. The number of likely N-dealkylation sites (N-methyl/N-ethyl adjacent to an activating group) is 1. The van der Waals surface area contributed by atoms with Crippen LogP contribution in [0.15, 0.2) is 18.2 Å². The normalized spacial score (nSPS) is 27.8. The Kier molecular flexibility index (Phi) is 2.60. The molecule has 3 rings (SSSR count). The Morgan fingerprint density at radius 1 is 1.31 bits per heavy atom. The van der Waals surface area contributed by atoms with Crippen LogP contribution in [0.2, 0.25) is 0 Å². The van der Waals surface area contributed by atoms with E-state index < -0.39 is 0 Å². The Hall–Kier alpha value is -1.02. The number of hydrogen-bond donors (Lipinski definition) is 1. The highest BCUT2D eigenvalue weighted by molar-refractivity contribution is 5.41. The molecule has 1 aliphatic heterocycles. The molecule has 2 aliphatic rings. The first kappa shape index (κ1) is 10.2. The molecule has 0 saturated heterocycles. The maximum Gasteiger partial charge on any atom is 0.122 e. The number of ether oxygens (including phenoxy) is 1. The molecule has 0 bridgehead atoms. The van der Waals surface area contributed by atoms with Crippen LogP contribution in [0.4, 0.5) is 0 Å². The highest BCUT2D eigenvalue weighted by Crippen LogP contribution is 2.37. The van der Waals surface area contributed by atoms with Crippen LogP contribution in [0, 0.1) is 0 Å². The molecule has 2 heteroatoms. The van der Waals surface area contributed by atoms with Crippen molar-refractivity contribution >= 4 is 0 Å². The van der Waals surface area contributed by atoms with Crippen molar-refractivity contribution in [3.8, 4) is 5.75 Å². The zero-order valence-electron chi connectivity index (χ0n) is 9.83. The van der Waals surface area contributed by atoms with Crippen LogP contribution in [0.5, 0.6) is 5.75 Å². The van der Waals surface area contributed by atoms with Crippen LogP contribution in [-0.4, -0.2) is 19.7 Å². The standard InChI is InChI=1S/C14H19NO/c1-15-13-4-2-3-12(13)10-5-6-14-11(9-10)7-8-16-14/h5-6,9,12-13,15H,2-4,7-8H2,1H3. The summed E-state index contributed by atoms with van der Waals surface area (Å²) in [5, 5.41) is 3.45. The van der Waals surface area contributed by atoms with Gasteiger partial charge in [-0.25, -0.2) is 0 Å². The second kappa shape index (κ2) is 4.10. The van der Waals surface area contributed by atoms with E-state index in [1.165, 1.54) is 30.4 Å². The minimum absolute atomic E-state index is 0.667. The van der Waals surface area contributed by atoms with Crippen molar-refractivity contribution in [2.24, 2.45) is 0 Å². The van der Waals surface area contributed by atoms with E-state index in [1.54, 1.807) is 0 Å². The van der Waals surface area contributed by atoms with Gasteiger partial charge in [-0.15, -0.1) is 0 Å².